The third-order valence-electron chi connectivity index (χ3n) is 20.8. The summed E-state index contributed by atoms with van der Waals surface area (Å²) in [6, 6.07) is 112. The van der Waals surface area contributed by atoms with Crippen molar-refractivity contribution in [1.82, 2.24) is 68.9 Å². The molecule has 0 fully saturated rings. The highest BCUT2D eigenvalue weighted by Gasteiger charge is 2.33. The van der Waals surface area contributed by atoms with E-state index in [1.165, 1.54) is 6.07 Å². The zero-order chi connectivity index (χ0) is 78.7. The first kappa shape index (κ1) is 70.1. The van der Waals surface area contributed by atoms with Crippen LogP contribution in [0.15, 0.2) is 346 Å². The molecule has 18 heteroatoms. The molecule has 0 amide bonds. The average molecular weight is 1520 g/mol. The highest BCUT2D eigenvalue weighted by molar-refractivity contribution is 6.13. The predicted molar refractivity (Wildman–Crippen MR) is 454 cm³/mol. The molecule has 0 spiro atoms. The van der Waals surface area contributed by atoms with Gasteiger partial charge in [0, 0.05) is 88.3 Å². The van der Waals surface area contributed by atoms with Crippen LogP contribution in [0.1, 0.15) is 16.7 Å². The fourth-order valence-electron chi connectivity index (χ4n) is 15.2. The van der Waals surface area contributed by atoms with Crippen molar-refractivity contribution < 1.29 is 13.2 Å². The molecule has 117 heavy (non-hydrogen) atoms. The van der Waals surface area contributed by atoms with E-state index in [2.05, 4.69) is 6.07 Å². The maximum atomic E-state index is 15.7. The second-order valence-corrected chi connectivity index (χ2v) is 28.3. The van der Waals surface area contributed by atoms with Crippen molar-refractivity contribution in [2.75, 3.05) is 0 Å². The summed E-state index contributed by atoms with van der Waals surface area (Å²) < 4.78 is 51.0. The van der Waals surface area contributed by atoms with Gasteiger partial charge in [0.25, 0.3) is 0 Å². The number of alkyl halides is 3. The van der Waals surface area contributed by atoms with Gasteiger partial charge in [-0.3, -0.25) is 0 Å². The highest BCUT2D eigenvalue weighted by atomic mass is 19.4. The van der Waals surface area contributed by atoms with Crippen LogP contribution in [-0.4, -0.2) is 68.9 Å². The maximum absolute atomic E-state index is 15.7. The van der Waals surface area contributed by atoms with E-state index in [0.717, 1.165) is 72.1 Å². The summed E-state index contributed by atoms with van der Waals surface area (Å²) >= 11 is 0. The Labute approximate surface area is 667 Å². The van der Waals surface area contributed by atoms with E-state index < -0.39 is 11.7 Å². The van der Waals surface area contributed by atoms with Gasteiger partial charge in [-0.25, -0.2) is 59.8 Å². The van der Waals surface area contributed by atoms with Gasteiger partial charge in [0.2, 0.25) is 0 Å². The average Bonchev–Trinajstić information content (AvgIpc) is 1.57. The largest absolute Gasteiger partial charge is 0.416 e. The number of nitrogens with zero attached hydrogens (tertiary/aromatic N) is 15. The van der Waals surface area contributed by atoms with Crippen LogP contribution in [0.3, 0.4) is 0 Å². The number of hydrogen-bond donors (Lipinski definition) is 0. The SMILES string of the molecule is Cc1cc(-c2cc(-n3c4cc(-c5nc(-c6ccccc6)nc(-c6ccccc6)n5)ccc4c4ccc(-c5nc(-c6ccccc6)nc(-c6ccccc6)n5)cc43)c(C#N)c(-n3c4cc(-c5nc(-c6ccccc6)nc(-c6ccccc6)n5)ccc4c4ccc(-c5nc(-c6ccccc6)nc(-c6ccccc6)n5)cc43)c2)cc(C(F)(F)F)c1. The van der Waals surface area contributed by atoms with Crippen LogP contribution < -0.4 is 0 Å². The standard InChI is InChI=1S/C99H60F3N15/c1-60-50-73(52-75(51-60)99(100,101)102)74-57-85(116-81-53-69(95-108-87(61-26-10-2-11-27-61)104-88(109-95)62-28-12-3-13-29-62)42-46-76(81)77-47-43-70(54-82(77)116)96-110-89(63-30-14-4-15-31-63)105-90(111-96)64-32-16-5-17-33-64)80(59-103)86(58-74)117-83-55-71(97-112-91(65-34-18-6-19-35-65)106-92(113-97)66-36-20-7-21-37-66)44-48-78(83)79-49-45-72(56-84(79)117)98-114-93(67-38-22-8-23-39-67)107-94(115-98)68-40-24-9-25-41-68/h2-58H,1H3. The normalized spacial score (nSPS) is 11.6. The molecule has 0 aliphatic rings. The Morgan fingerprint density at radius 3 is 0.641 bits per heavy atom. The first-order chi connectivity index (χ1) is 57.4. The quantitative estimate of drug-likeness (QED) is 0.0944. The summed E-state index contributed by atoms with van der Waals surface area (Å²) in [7, 11) is 0. The minimum Gasteiger partial charge on any atom is -0.308 e. The topological polar surface area (TPSA) is 188 Å². The van der Waals surface area contributed by atoms with Crippen LogP contribution >= 0.6 is 0 Å². The lowest BCUT2D eigenvalue weighted by Gasteiger charge is -2.20. The zero-order valence-electron chi connectivity index (χ0n) is 62.3. The number of fused-ring (bicyclic) bond motifs is 6. The van der Waals surface area contributed by atoms with E-state index in [1.54, 1.807) is 13.0 Å². The van der Waals surface area contributed by atoms with Crippen molar-refractivity contribution in [3.05, 3.63) is 362 Å². The van der Waals surface area contributed by atoms with Crippen LogP contribution in [0.5, 0.6) is 0 Å². The van der Waals surface area contributed by atoms with Crippen molar-refractivity contribution >= 4 is 43.6 Å². The van der Waals surface area contributed by atoms with Gasteiger partial charge in [-0.1, -0.05) is 297 Å². The number of nitriles is 1. The molecular weight excluding hydrogens is 1460 g/mol. The van der Waals surface area contributed by atoms with Crippen LogP contribution in [0, 0.1) is 18.3 Å². The van der Waals surface area contributed by atoms with E-state index in [-0.39, 0.29) is 11.1 Å². The van der Waals surface area contributed by atoms with Crippen LogP contribution in [-0.2, 0) is 6.18 Å². The Bertz CT molecular complexity index is 6300. The fraction of sp³-hybridized carbons (Fsp3) is 0.0202. The lowest BCUT2D eigenvalue weighted by molar-refractivity contribution is -0.137. The van der Waals surface area contributed by atoms with Gasteiger partial charge in [0.1, 0.15) is 11.6 Å². The van der Waals surface area contributed by atoms with E-state index in [9.17, 15) is 5.26 Å². The monoisotopic (exact) mass is 1520 g/mol. The van der Waals surface area contributed by atoms with Crippen molar-refractivity contribution in [3.63, 3.8) is 0 Å². The summed E-state index contributed by atoms with van der Waals surface area (Å²) in [5.41, 5.74) is 11.8. The summed E-state index contributed by atoms with van der Waals surface area (Å²) in [6.07, 6.45) is -4.75. The van der Waals surface area contributed by atoms with Gasteiger partial charge in [-0.15, -0.1) is 0 Å². The molecule has 0 atom stereocenters. The second-order valence-electron chi connectivity index (χ2n) is 28.3. The molecule has 0 saturated heterocycles. The third-order valence-corrected chi connectivity index (χ3v) is 20.8. The molecule has 14 aromatic carbocycles. The summed E-state index contributed by atoms with van der Waals surface area (Å²) in [5.74, 6) is 4.96. The minimum absolute atomic E-state index is 0.137. The van der Waals surface area contributed by atoms with Crippen LogP contribution in [0.25, 0.3) is 203 Å². The minimum atomic E-state index is -4.75. The number of hydrogen-bond acceptors (Lipinski definition) is 13. The zero-order valence-corrected chi connectivity index (χ0v) is 62.3. The van der Waals surface area contributed by atoms with Gasteiger partial charge in [-0.2, -0.15) is 18.4 Å². The lowest BCUT2D eigenvalue weighted by Crippen LogP contribution is -2.07. The summed E-state index contributed by atoms with van der Waals surface area (Å²) in [4.78, 5) is 62.0. The molecule has 0 bridgehead atoms. The maximum Gasteiger partial charge on any atom is 0.416 e. The Balaban J connectivity index is 0.908. The van der Waals surface area contributed by atoms with Gasteiger partial charge in [0.05, 0.1) is 39.0 Å². The molecule has 6 aromatic heterocycles. The lowest BCUT2D eigenvalue weighted by atomic mass is 9.96. The van der Waals surface area contributed by atoms with Gasteiger partial charge in [-0.05, 0) is 72.1 Å². The summed E-state index contributed by atoms with van der Waals surface area (Å²) in [5, 5.41) is 15.9. The Morgan fingerprint density at radius 1 is 0.231 bits per heavy atom. The third kappa shape index (κ3) is 13.4. The second kappa shape index (κ2) is 29.3. The molecule has 552 valence electrons. The Kier molecular flexibility index (Phi) is 17.5. The smallest absolute Gasteiger partial charge is 0.308 e. The van der Waals surface area contributed by atoms with E-state index in [0.29, 0.717) is 137 Å². The number of aryl methyl sites for hydroxylation is 1. The van der Waals surface area contributed by atoms with Crippen molar-refractivity contribution in [1.29, 1.82) is 5.26 Å². The number of halogens is 3. The molecule has 20 rings (SSSR count). The van der Waals surface area contributed by atoms with E-state index in [1.807, 2.05) is 337 Å². The van der Waals surface area contributed by atoms with Crippen LogP contribution in [0.2, 0.25) is 0 Å². The Morgan fingerprint density at radius 2 is 0.436 bits per heavy atom. The van der Waals surface area contributed by atoms with Crippen LogP contribution in [0.4, 0.5) is 13.2 Å². The fourth-order valence-corrected chi connectivity index (χ4v) is 15.2. The van der Waals surface area contributed by atoms with Crippen molar-refractivity contribution in [3.8, 4) is 165 Å². The molecule has 0 radical (unpaired) electrons. The predicted octanol–water partition coefficient (Wildman–Crippen LogP) is 23.5. The molecular formula is C99H60F3N15. The molecule has 15 nitrogen and oxygen atoms in total. The molecule has 0 saturated carbocycles. The molecule has 0 N–H and O–H groups in total. The molecule has 20 aromatic rings. The number of benzene rings is 14. The van der Waals surface area contributed by atoms with Gasteiger partial charge in [0.15, 0.2) is 69.9 Å². The van der Waals surface area contributed by atoms with Crippen molar-refractivity contribution in [2.24, 2.45) is 0 Å². The van der Waals surface area contributed by atoms with Gasteiger partial charge >= 0.3 is 6.18 Å². The first-order valence-corrected chi connectivity index (χ1v) is 37.9. The highest BCUT2D eigenvalue weighted by Crippen LogP contribution is 2.45. The molecule has 0 aliphatic carbocycles. The number of rotatable bonds is 15. The van der Waals surface area contributed by atoms with Crippen molar-refractivity contribution in [2.45, 2.75) is 13.1 Å². The number of aromatic nitrogens is 14. The first-order valence-electron chi connectivity index (χ1n) is 37.9. The molecule has 0 unspecified atom stereocenters. The Hall–Kier alpha value is -16.0. The summed E-state index contributed by atoms with van der Waals surface area (Å²) in [6.45, 7) is 1.65. The van der Waals surface area contributed by atoms with E-state index >= 15 is 13.2 Å². The molecule has 0 aliphatic heterocycles. The molecule has 6 heterocycles. The van der Waals surface area contributed by atoms with E-state index in [4.69, 9.17) is 59.8 Å². The van der Waals surface area contributed by atoms with Gasteiger partial charge < -0.3 is 9.13 Å².